The van der Waals surface area contributed by atoms with Gasteiger partial charge in [-0.05, 0) is 106 Å². The maximum absolute atomic E-state index is 12.2. The van der Waals surface area contributed by atoms with Gasteiger partial charge in [-0.2, -0.15) is 0 Å². The number of carbonyl (C=O) groups excluding carboxylic acids is 2. The largest absolute Gasteiger partial charge is 0.494 e. The molecule has 0 saturated carbocycles. The number of benzene rings is 6. The van der Waals surface area contributed by atoms with E-state index >= 15 is 0 Å². The van der Waals surface area contributed by atoms with Crippen molar-refractivity contribution in [3.8, 4) is 0 Å². The molecule has 79 heavy (non-hydrogen) atoms. The molecule has 3 unspecified atom stereocenters. The van der Waals surface area contributed by atoms with Crippen molar-refractivity contribution >= 4 is 85.5 Å². The summed E-state index contributed by atoms with van der Waals surface area (Å²) in [7, 11) is -3.44. The van der Waals surface area contributed by atoms with Crippen molar-refractivity contribution in [2.24, 2.45) is 0 Å². The Morgan fingerprint density at radius 3 is 1.27 bits per heavy atom. The first-order valence-electron chi connectivity index (χ1n) is 25.0. The quantitative estimate of drug-likeness (QED) is 0.0279. The Balaban J connectivity index is 0.000000354. The summed E-state index contributed by atoms with van der Waals surface area (Å²) in [4.78, 5) is 34.4. The Bertz CT molecular complexity index is 2690. The van der Waals surface area contributed by atoms with Crippen molar-refractivity contribution in [2.45, 2.75) is 71.0 Å². The molecule has 1 fully saturated rings. The summed E-state index contributed by atoms with van der Waals surface area (Å²) in [5.41, 5.74) is 8.65. The second-order valence-electron chi connectivity index (χ2n) is 17.1. The first-order chi connectivity index (χ1) is 37.8. The van der Waals surface area contributed by atoms with E-state index in [0.717, 1.165) is 45.3 Å². The molecule has 3 atom stereocenters. The van der Waals surface area contributed by atoms with E-state index in [1.165, 1.54) is 55.5 Å². The number of hydrogen-bond donors (Lipinski definition) is 9. The second kappa shape index (κ2) is 38.6. The molecule has 6 aromatic carbocycles. The smallest absolute Gasteiger partial charge is 0.478 e. The van der Waals surface area contributed by atoms with Crippen LogP contribution in [0.5, 0.6) is 0 Å². The summed E-state index contributed by atoms with van der Waals surface area (Å²) in [6, 6.07) is 41.7. The van der Waals surface area contributed by atoms with Gasteiger partial charge in [0.25, 0.3) is 0 Å². The van der Waals surface area contributed by atoms with E-state index in [1.54, 1.807) is 24.3 Å². The number of carbonyl (C=O) groups is 3. The average Bonchev–Trinajstić information content (AvgIpc) is 3.98. The second-order valence-corrected chi connectivity index (χ2v) is 17.4. The van der Waals surface area contributed by atoms with Crippen LogP contribution in [-0.2, 0) is 37.9 Å². The van der Waals surface area contributed by atoms with Crippen LogP contribution in [0.2, 0.25) is 0 Å². The molecule has 9 N–H and O–H groups in total. The fourth-order valence-electron chi connectivity index (χ4n) is 6.04. The van der Waals surface area contributed by atoms with E-state index in [1.807, 2.05) is 97.9 Å². The molecule has 6 aromatic rings. The zero-order chi connectivity index (χ0) is 58.7. The van der Waals surface area contributed by atoms with E-state index < -0.39 is 38.4 Å². The molecule has 0 radical (unpaired) electrons. The fourth-order valence-corrected chi connectivity index (χ4v) is 6.22. The summed E-state index contributed by atoms with van der Waals surface area (Å²) in [6.07, 6.45) is 5.97. The van der Waals surface area contributed by atoms with Crippen LogP contribution in [0.15, 0.2) is 165 Å². The van der Waals surface area contributed by atoms with Gasteiger partial charge in [0.15, 0.2) is 0 Å². The highest BCUT2D eigenvalue weighted by molar-refractivity contribution is 6.61. The Labute approximate surface area is 468 Å². The lowest BCUT2D eigenvalue weighted by molar-refractivity contribution is 0.0464. The van der Waals surface area contributed by atoms with Crippen molar-refractivity contribution in [3.05, 3.63) is 215 Å². The number of aliphatic hydroxyl groups excluding tert-OH is 4. The van der Waals surface area contributed by atoms with Gasteiger partial charge in [0.05, 0.1) is 54.8 Å². The third-order valence-electron chi connectivity index (χ3n) is 11.0. The number of aliphatic hydroxyl groups is 4. The molecule has 0 spiro atoms. The number of hydrogen-bond acceptors (Lipinski definition) is 15. The first-order valence-corrected chi connectivity index (χ1v) is 25.5. The topological polar surface area (TPSA) is 270 Å². The monoisotopic (exact) mass is 1100 g/mol. The predicted octanol–water partition coefficient (Wildman–Crippen LogP) is 5.82. The fraction of sp³-hybridized carbons (Fsp3) is 0.237. The number of aromatic carboxylic acids is 1. The van der Waals surface area contributed by atoms with E-state index in [9.17, 15) is 14.4 Å². The maximum atomic E-state index is 12.2. The lowest BCUT2D eigenvalue weighted by Crippen LogP contribution is -2.32. The number of esters is 2. The Morgan fingerprint density at radius 1 is 0.620 bits per heavy atom. The van der Waals surface area contributed by atoms with Gasteiger partial charge in [-0.3, -0.25) is 0 Å². The highest BCUT2D eigenvalue weighted by Crippen LogP contribution is 2.14. The van der Waals surface area contributed by atoms with Gasteiger partial charge in [0, 0.05) is 5.88 Å². The van der Waals surface area contributed by atoms with Gasteiger partial charge in [-0.25, -0.2) is 14.4 Å². The third kappa shape index (κ3) is 27.0. The molecule has 20 heteroatoms. The van der Waals surface area contributed by atoms with E-state index in [0.29, 0.717) is 35.5 Å². The number of carboxylic acid groups (broad SMARTS) is 1. The number of ether oxygens (including phenoxy) is 2. The SMILES string of the molecule is C=Cc1ccc(CCl)cc1.C=Cc1ccc(COC(=O)c2ccc(B(O)O)cc2)cc1.C=Cc1ccc(COC(=O)c2ccc(B3OCC(CC)O3)cc2)cc1.CC(O)CO.CCC(O)CO.O=C(O)c1ccc(B(O)O)cc1. The van der Waals surface area contributed by atoms with Crippen LogP contribution < -0.4 is 16.4 Å². The molecule has 1 aliphatic rings. The zero-order valence-corrected chi connectivity index (χ0v) is 45.3. The minimum atomic E-state index is -1.55. The molecule has 0 aromatic heterocycles. The van der Waals surface area contributed by atoms with Crippen LogP contribution in [0.4, 0.5) is 0 Å². The van der Waals surface area contributed by atoms with Gasteiger partial charge in [-0.1, -0.05) is 161 Å². The van der Waals surface area contributed by atoms with Crippen LogP contribution >= 0.6 is 11.6 Å². The molecule has 7 rings (SSSR count). The average molecular weight is 1100 g/mol. The van der Waals surface area contributed by atoms with Crippen molar-refractivity contribution in [2.75, 3.05) is 19.8 Å². The highest BCUT2D eigenvalue weighted by Gasteiger charge is 2.32. The lowest BCUT2D eigenvalue weighted by atomic mass is 9.79. The molecule has 1 saturated heterocycles. The molecule has 418 valence electrons. The minimum Gasteiger partial charge on any atom is -0.478 e. The Hall–Kier alpha value is -6.97. The number of halogens is 1. The molecule has 0 bridgehead atoms. The van der Waals surface area contributed by atoms with E-state index in [4.69, 9.17) is 76.0 Å². The summed E-state index contributed by atoms with van der Waals surface area (Å²) >= 11 is 5.60. The van der Waals surface area contributed by atoms with Crippen molar-refractivity contribution in [1.82, 2.24) is 0 Å². The number of rotatable bonds is 18. The predicted molar refractivity (Wildman–Crippen MR) is 312 cm³/mol. The van der Waals surface area contributed by atoms with Crippen molar-refractivity contribution in [3.63, 3.8) is 0 Å². The van der Waals surface area contributed by atoms with Gasteiger partial charge < -0.3 is 64.4 Å². The molecular formula is C59H70B3ClO16. The summed E-state index contributed by atoms with van der Waals surface area (Å²) in [6.45, 7) is 17.2. The van der Waals surface area contributed by atoms with Crippen LogP contribution in [0, 0.1) is 0 Å². The van der Waals surface area contributed by atoms with Crippen LogP contribution in [0.3, 0.4) is 0 Å². The van der Waals surface area contributed by atoms with Gasteiger partial charge in [0.2, 0.25) is 0 Å². The molecule has 16 nitrogen and oxygen atoms in total. The van der Waals surface area contributed by atoms with Gasteiger partial charge >= 0.3 is 39.3 Å². The molecule has 0 aliphatic carbocycles. The number of carboxylic acids is 1. The van der Waals surface area contributed by atoms with E-state index in [-0.39, 0.29) is 56.6 Å². The van der Waals surface area contributed by atoms with Crippen LogP contribution in [0.25, 0.3) is 18.2 Å². The van der Waals surface area contributed by atoms with Crippen LogP contribution in [-0.4, -0.2) is 123 Å². The molecule has 1 heterocycles. The third-order valence-corrected chi connectivity index (χ3v) is 11.3. The normalized spacial score (nSPS) is 12.6. The number of alkyl halides is 1. The van der Waals surface area contributed by atoms with E-state index in [2.05, 4.69) is 26.7 Å². The zero-order valence-electron chi connectivity index (χ0n) is 44.6. The van der Waals surface area contributed by atoms with Crippen LogP contribution in [0.1, 0.15) is 98.1 Å². The Kier molecular flexibility index (Phi) is 33.3. The van der Waals surface area contributed by atoms with Gasteiger partial charge in [-0.15, -0.1) is 11.6 Å². The van der Waals surface area contributed by atoms with Crippen molar-refractivity contribution < 1.29 is 78.8 Å². The van der Waals surface area contributed by atoms with Crippen molar-refractivity contribution in [1.29, 1.82) is 0 Å². The first kappa shape index (κ1) is 68.1. The summed E-state index contributed by atoms with van der Waals surface area (Å²) in [5, 5.41) is 76.3. The minimum absolute atomic E-state index is 0.115. The van der Waals surface area contributed by atoms with Gasteiger partial charge in [0.1, 0.15) is 13.2 Å². The molecule has 1 aliphatic heterocycles. The highest BCUT2D eigenvalue weighted by atomic mass is 35.5. The standard InChI is InChI=1S/C20H21BO4.C16H15BO4.C9H9Cl.C7H7BO4.C4H10O2.C3H8O2/c1-3-15-5-7-16(8-6-15)13-23-20(22)17-9-11-18(12-10-17)21-24-14-19(4-2)25-21;1-2-12-3-5-13(6-4-12)11-21-16(18)14-7-9-15(10-8-14)17(19)20;1-2-8-3-5-9(7-10)6-4-8;9-7(10)5-1-3-6(4-2-5)8(11)12;1-2-4(6)3-5;1-3(5)2-4/h3,5-12,19H,1,4,13-14H2,2H3;2-10,19-20H,1,11H2;2-6H,1,7H2;1-4,11-12H,(H,9,10);4-6H,2-3H2,1H3;3-5H,2H2,1H3. The molecule has 0 amide bonds. The summed E-state index contributed by atoms with van der Waals surface area (Å²) < 4.78 is 22.0. The Morgan fingerprint density at radius 2 is 0.987 bits per heavy atom. The lowest BCUT2D eigenvalue weighted by Gasteiger charge is -2.08. The molecular weight excluding hydrogens is 1030 g/mol. The maximum Gasteiger partial charge on any atom is 0.494 e. The summed E-state index contributed by atoms with van der Waals surface area (Å²) in [5.74, 6) is -1.26.